The second kappa shape index (κ2) is 5.85. The molecule has 110 valence electrons. The number of hydrogen-bond acceptors (Lipinski definition) is 4. The molecule has 0 radical (unpaired) electrons. The highest BCUT2D eigenvalue weighted by Crippen LogP contribution is 2.21. The second-order valence-electron chi connectivity index (χ2n) is 4.98. The highest BCUT2D eigenvalue weighted by atomic mass is 16.6. The first kappa shape index (κ1) is 14.1. The van der Waals surface area contributed by atoms with E-state index < -0.39 is 5.97 Å². The Morgan fingerprint density at radius 3 is 2.64 bits per heavy atom. The van der Waals surface area contributed by atoms with Crippen LogP contribution in [0, 0.1) is 6.92 Å². The molecular weight excluding hydrogens is 278 g/mol. The van der Waals surface area contributed by atoms with E-state index in [1.54, 1.807) is 19.3 Å². The van der Waals surface area contributed by atoms with Gasteiger partial charge in [-0.05, 0) is 36.8 Å². The molecule has 0 aliphatic carbocycles. The second-order valence-corrected chi connectivity index (χ2v) is 4.98. The van der Waals surface area contributed by atoms with Crippen molar-refractivity contribution < 1.29 is 14.3 Å². The standard InChI is InChI=1S/C18H15NO3/c1-12-6-8-13(9-7-12)10-16-18(20)22-17(19-16)14-4-3-5-15(11-14)21-2/h3-11H,1-2H3/b16-10+. The molecule has 1 aliphatic rings. The van der Waals surface area contributed by atoms with E-state index in [0.717, 1.165) is 11.1 Å². The fourth-order valence-corrected chi connectivity index (χ4v) is 2.11. The summed E-state index contributed by atoms with van der Waals surface area (Å²) in [7, 11) is 1.59. The molecule has 0 amide bonds. The zero-order valence-corrected chi connectivity index (χ0v) is 12.4. The van der Waals surface area contributed by atoms with Gasteiger partial charge in [-0.25, -0.2) is 9.79 Å². The lowest BCUT2D eigenvalue weighted by atomic mass is 10.1. The maximum absolute atomic E-state index is 11.9. The van der Waals surface area contributed by atoms with Gasteiger partial charge in [-0.15, -0.1) is 0 Å². The van der Waals surface area contributed by atoms with Gasteiger partial charge in [0.25, 0.3) is 0 Å². The molecule has 22 heavy (non-hydrogen) atoms. The van der Waals surface area contributed by atoms with Gasteiger partial charge in [0.2, 0.25) is 5.90 Å². The van der Waals surface area contributed by atoms with Crippen molar-refractivity contribution >= 4 is 17.9 Å². The van der Waals surface area contributed by atoms with E-state index in [2.05, 4.69) is 4.99 Å². The Hall–Kier alpha value is -2.88. The van der Waals surface area contributed by atoms with E-state index in [0.29, 0.717) is 22.9 Å². The Morgan fingerprint density at radius 2 is 1.91 bits per heavy atom. The number of rotatable bonds is 3. The number of aryl methyl sites for hydroxylation is 1. The molecule has 0 spiro atoms. The van der Waals surface area contributed by atoms with Crippen LogP contribution < -0.4 is 4.74 Å². The van der Waals surface area contributed by atoms with Crippen molar-refractivity contribution in [1.29, 1.82) is 0 Å². The summed E-state index contributed by atoms with van der Waals surface area (Å²) in [6.45, 7) is 2.01. The number of cyclic esters (lactones) is 1. The average Bonchev–Trinajstić information content (AvgIpc) is 2.91. The van der Waals surface area contributed by atoms with Crippen LogP contribution in [0.15, 0.2) is 59.2 Å². The lowest BCUT2D eigenvalue weighted by Gasteiger charge is -2.02. The van der Waals surface area contributed by atoms with Crippen molar-refractivity contribution in [1.82, 2.24) is 0 Å². The fraction of sp³-hybridized carbons (Fsp3) is 0.111. The average molecular weight is 293 g/mol. The third kappa shape index (κ3) is 2.91. The third-order valence-electron chi connectivity index (χ3n) is 3.32. The van der Waals surface area contributed by atoms with Crippen LogP contribution in [0.5, 0.6) is 5.75 Å². The molecule has 0 N–H and O–H groups in total. The molecule has 0 fully saturated rings. The van der Waals surface area contributed by atoms with Crippen molar-refractivity contribution in [2.24, 2.45) is 4.99 Å². The normalized spacial score (nSPS) is 15.6. The van der Waals surface area contributed by atoms with Crippen LogP contribution in [0.25, 0.3) is 6.08 Å². The quantitative estimate of drug-likeness (QED) is 0.644. The highest BCUT2D eigenvalue weighted by molar-refractivity contribution is 6.12. The van der Waals surface area contributed by atoms with Crippen molar-refractivity contribution in [2.75, 3.05) is 7.11 Å². The van der Waals surface area contributed by atoms with Crippen molar-refractivity contribution in [3.63, 3.8) is 0 Å². The smallest absolute Gasteiger partial charge is 0.363 e. The van der Waals surface area contributed by atoms with Crippen LogP contribution in [0.4, 0.5) is 0 Å². The van der Waals surface area contributed by atoms with Crippen molar-refractivity contribution in [3.8, 4) is 5.75 Å². The SMILES string of the molecule is COc1cccc(C2=N/C(=C/c3ccc(C)cc3)C(=O)O2)c1. The molecule has 0 atom stereocenters. The monoisotopic (exact) mass is 293 g/mol. The Kier molecular flexibility index (Phi) is 3.74. The van der Waals surface area contributed by atoms with Crippen LogP contribution in [0.2, 0.25) is 0 Å². The maximum atomic E-state index is 11.9. The number of esters is 1. The van der Waals surface area contributed by atoms with Crippen LogP contribution >= 0.6 is 0 Å². The maximum Gasteiger partial charge on any atom is 0.363 e. The minimum absolute atomic E-state index is 0.293. The summed E-state index contributed by atoms with van der Waals surface area (Å²) < 4.78 is 10.4. The molecule has 2 aromatic rings. The third-order valence-corrected chi connectivity index (χ3v) is 3.32. The molecule has 3 rings (SSSR count). The summed E-state index contributed by atoms with van der Waals surface area (Å²) in [5, 5.41) is 0. The van der Waals surface area contributed by atoms with E-state index >= 15 is 0 Å². The lowest BCUT2D eigenvalue weighted by Crippen LogP contribution is -2.05. The van der Waals surface area contributed by atoms with E-state index in [4.69, 9.17) is 9.47 Å². The summed E-state index contributed by atoms with van der Waals surface area (Å²) in [5.74, 6) is 0.535. The first-order chi connectivity index (χ1) is 10.7. The molecule has 4 heteroatoms. The minimum atomic E-state index is -0.446. The summed E-state index contributed by atoms with van der Waals surface area (Å²) >= 11 is 0. The Balaban J connectivity index is 1.92. The molecule has 0 saturated heterocycles. The van der Waals surface area contributed by atoms with Gasteiger partial charge in [0, 0.05) is 5.56 Å². The van der Waals surface area contributed by atoms with Gasteiger partial charge < -0.3 is 9.47 Å². The number of benzene rings is 2. The van der Waals surface area contributed by atoms with E-state index in [-0.39, 0.29) is 0 Å². The molecule has 4 nitrogen and oxygen atoms in total. The summed E-state index contributed by atoms with van der Waals surface area (Å²) in [5.41, 5.74) is 3.08. The topological polar surface area (TPSA) is 47.9 Å². The predicted octanol–water partition coefficient (Wildman–Crippen LogP) is 3.35. The van der Waals surface area contributed by atoms with Crippen LogP contribution in [-0.4, -0.2) is 19.0 Å². The van der Waals surface area contributed by atoms with Crippen molar-refractivity contribution in [2.45, 2.75) is 6.92 Å². The predicted molar refractivity (Wildman–Crippen MR) is 84.8 cm³/mol. The molecule has 0 saturated carbocycles. The molecule has 0 aromatic heterocycles. The zero-order chi connectivity index (χ0) is 15.5. The van der Waals surface area contributed by atoms with Gasteiger partial charge in [-0.1, -0.05) is 35.9 Å². The molecule has 1 heterocycles. The summed E-state index contributed by atoms with van der Waals surface area (Å²) in [6.07, 6.45) is 1.72. The van der Waals surface area contributed by atoms with Gasteiger partial charge in [0.05, 0.1) is 7.11 Å². The first-order valence-corrected chi connectivity index (χ1v) is 6.89. The fourth-order valence-electron chi connectivity index (χ4n) is 2.11. The lowest BCUT2D eigenvalue weighted by molar-refractivity contribution is -0.129. The number of nitrogens with zero attached hydrogens (tertiary/aromatic N) is 1. The summed E-state index contributed by atoms with van der Waals surface area (Å²) in [4.78, 5) is 16.2. The van der Waals surface area contributed by atoms with Gasteiger partial charge in [-0.3, -0.25) is 0 Å². The van der Waals surface area contributed by atoms with Gasteiger partial charge in [0.15, 0.2) is 5.70 Å². The Bertz CT molecular complexity index is 773. The number of aliphatic imine (C=N–C) groups is 1. The number of carbonyl (C=O) groups excluding carboxylic acids is 1. The molecule has 0 unspecified atom stereocenters. The molecule has 2 aromatic carbocycles. The molecule has 0 bridgehead atoms. The first-order valence-electron chi connectivity index (χ1n) is 6.89. The highest BCUT2D eigenvalue weighted by Gasteiger charge is 2.24. The Labute approximate surface area is 128 Å². The molecule has 1 aliphatic heterocycles. The van der Waals surface area contributed by atoms with E-state index in [9.17, 15) is 4.79 Å². The van der Waals surface area contributed by atoms with Crippen LogP contribution in [-0.2, 0) is 9.53 Å². The minimum Gasteiger partial charge on any atom is -0.497 e. The number of ether oxygens (including phenoxy) is 2. The van der Waals surface area contributed by atoms with Crippen LogP contribution in [0.3, 0.4) is 0 Å². The largest absolute Gasteiger partial charge is 0.497 e. The van der Waals surface area contributed by atoms with Gasteiger partial charge in [0.1, 0.15) is 5.75 Å². The number of carbonyl (C=O) groups is 1. The van der Waals surface area contributed by atoms with Crippen molar-refractivity contribution in [3.05, 3.63) is 70.9 Å². The zero-order valence-electron chi connectivity index (χ0n) is 12.4. The molecular formula is C18H15NO3. The van der Waals surface area contributed by atoms with Gasteiger partial charge >= 0.3 is 5.97 Å². The number of methoxy groups -OCH3 is 1. The Morgan fingerprint density at radius 1 is 1.14 bits per heavy atom. The van der Waals surface area contributed by atoms with E-state index in [1.165, 1.54) is 0 Å². The van der Waals surface area contributed by atoms with E-state index in [1.807, 2.05) is 49.4 Å². The summed E-state index contributed by atoms with van der Waals surface area (Å²) in [6, 6.07) is 15.1. The van der Waals surface area contributed by atoms with Gasteiger partial charge in [-0.2, -0.15) is 0 Å². The van der Waals surface area contributed by atoms with Crippen LogP contribution in [0.1, 0.15) is 16.7 Å². The number of hydrogen-bond donors (Lipinski definition) is 0.